The van der Waals surface area contributed by atoms with Crippen molar-refractivity contribution in [3.8, 4) is 5.75 Å². The summed E-state index contributed by atoms with van der Waals surface area (Å²) in [6.45, 7) is 3.78. The van der Waals surface area contributed by atoms with E-state index in [4.69, 9.17) is 23.2 Å². The second-order valence-electron chi connectivity index (χ2n) is 12.9. The molecule has 5 aliphatic rings. The maximum absolute atomic E-state index is 14.5. The fraction of sp³-hybridized carbons (Fsp3) is 0.429. The minimum atomic E-state index is -2.10. The molecule has 4 fully saturated rings. The molecule has 4 amide bonds. The van der Waals surface area contributed by atoms with Crippen molar-refractivity contribution >= 4 is 52.5 Å². The SMILES string of the molecule is C=CCc1cccc([C@H]2C3=CC[C@@H]4C(=O)N(C5CCCCC5)C(=O)[C@@H]4[C@@H]3C[C@@]3(Cl)C(=O)N(c4ccc(F)cc4)C(=O)[C@@]23Cl)c1O. The number of amides is 4. The number of carbonyl (C=O) groups is 4. The molecule has 3 aliphatic carbocycles. The number of carbonyl (C=O) groups excluding carboxylic acids is 4. The number of nitrogens with zero attached hydrogens (tertiary/aromatic N) is 2. The van der Waals surface area contributed by atoms with Gasteiger partial charge in [0, 0.05) is 17.5 Å². The van der Waals surface area contributed by atoms with E-state index in [0.29, 0.717) is 23.1 Å². The molecule has 2 aromatic rings. The van der Waals surface area contributed by atoms with Crippen LogP contribution in [0, 0.1) is 23.6 Å². The lowest BCUT2D eigenvalue weighted by Crippen LogP contribution is -2.60. The first-order valence-electron chi connectivity index (χ1n) is 15.6. The quantitative estimate of drug-likeness (QED) is 0.238. The number of halogens is 3. The summed E-state index contributed by atoms with van der Waals surface area (Å²) in [5.74, 6) is -5.89. The number of rotatable bonds is 5. The molecule has 2 aliphatic heterocycles. The second-order valence-corrected chi connectivity index (χ2v) is 14.2. The third-order valence-corrected chi connectivity index (χ3v) is 12.1. The van der Waals surface area contributed by atoms with Crippen molar-refractivity contribution in [2.75, 3.05) is 4.90 Å². The summed E-state index contributed by atoms with van der Waals surface area (Å²) in [6, 6.07) is 9.84. The fourth-order valence-electron chi connectivity index (χ4n) is 8.63. The van der Waals surface area contributed by atoms with Gasteiger partial charge < -0.3 is 5.11 Å². The van der Waals surface area contributed by atoms with Crippen molar-refractivity contribution in [1.82, 2.24) is 4.90 Å². The van der Waals surface area contributed by atoms with Gasteiger partial charge in [0.1, 0.15) is 11.6 Å². The zero-order valence-corrected chi connectivity index (χ0v) is 26.1. The van der Waals surface area contributed by atoms with Crippen LogP contribution in [0.3, 0.4) is 0 Å². The van der Waals surface area contributed by atoms with Crippen LogP contribution in [0.2, 0.25) is 0 Å². The molecule has 10 heteroatoms. The number of likely N-dealkylation sites (tertiary alicyclic amines) is 1. The van der Waals surface area contributed by atoms with Gasteiger partial charge in [-0.2, -0.15) is 0 Å². The van der Waals surface area contributed by atoms with Crippen LogP contribution in [0.1, 0.15) is 62.0 Å². The van der Waals surface area contributed by atoms with Crippen molar-refractivity contribution in [3.63, 3.8) is 0 Å². The van der Waals surface area contributed by atoms with Gasteiger partial charge in [-0.15, -0.1) is 29.8 Å². The Balaban J connectivity index is 1.40. The predicted octanol–water partition coefficient (Wildman–Crippen LogP) is 6.16. The molecule has 234 valence electrons. The maximum atomic E-state index is 14.5. The summed E-state index contributed by atoms with van der Waals surface area (Å²) in [7, 11) is 0. The Morgan fingerprint density at radius 1 is 0.956 bits per heavy atom. The van der Waals surface area contributed by atoms with Crippen LogP contribution in [-0.2, 0) is 25.6 Å². The molecular weight excluding hydrogens is 618 g/mol. The minimum Gasteiger partial charge on any atom is -0.507 e. The number of imide groups is 2. The monoisotopic (exact) mass is 650 g/mol. The van der Waals surface area contributed by atoms with E-state index in [1.54, 1.807) is 24.3 Å². The van der Waals surface area contributed by atoms with Gasteiger partial charge in [0.15, 0.2) is 9.75 Å². The van der Waals surface area contributed by atoms with Gasteiger partial charge in [0.05, 0.1) is 17.5 Å². The highest BCUT2D eigenvalue weighted by Gasteiger charge is 2.77. The molecule has 45 heavy (non-hydrogen) atoms. The van der Waals surface area contributed by atoms with Crippen LogP contribution in [0.15, 0.2) is 66.8 Å². The molecule has 2 saturated heterocycles. The summed E-state index contributed by atoms with van der Waals surface area (Å²) in [6.07, 6.45) is 8.42. The number of phenols is 1. The highest BCUT2D eigenvalue weighted by molar-refractivity contribution is 6.58. The van der Waals surface area contributed by atoms with E-state index in [1.807, 2.05) is 6.08 Å². The third kappa shape index (κ3) is 4.14. The molecule has 2 saturated carbocycles. The normalized spacial score (nSPS) is 33.2. The van der Waals surface area contributed by atoms with Gasteiger partial charge in [0.2, 0.25) is 11.8 Å². The third-order valence-electron chi connectivity index (χ3n) is 10.7. The van der Waals surface area contributed by atoms with Gasteiger partial charge in [-0.3, -0.25) is 24.1 Å². The van der Waals surface area contributed by atoms with Crippen molar-refractivity contribution < 1.29 is 28.7 Å². The molecule has 0 aromatic heterocycles. The highest BCUT2D eigenvalue weighted by Crippen LogP contribution is 2.66. The molecule has 2 heterocycles. The molecule has 7 nitrogen and oxygen atoms in total. The smallest absolute Gasteiger partial charge is 0.258 e. The topological polar surface area (TPSA) is 95.0 Å². The van der Waals surface area contributed by atoms with E-state index in [9.17, 15) is 28.7 Å². The van der Waals surface area contributed by atoms with E-state index in [1.165, 1.54) is 17.0 Å². The minimum absolute atomic E-state index is 0.106. The Morgan fingerprint density at radius 2 is 1.67 bits per heavy atom. The Labute approximate surface area is 270 Å². The predicted molar refractivity (Wildman–Crippen MR) is 167 cm³/mol. The molecule has 2 aromatic carbocycles. The Morgan fingerprint density at radius 3 is 2.36 bits per heavy atom. The van der Waals surface area contributed by atoms with Gasteiger partial charge in [-0.25, -0.2) is 9.29 Å². The largest absolute Gasteiger partial charge is 0.507 e. The number of hydrogen-bond donors (Lipinski definition) is 1. The van der Waals surface area contributed by atoms with Crippen LogP contribution in [0.5, 0.6) is 5.75 Å². The van der Waals surface area contributed by atoms with E-state index >= 15 is 0 Å². The molecule has 0 bridgehead atoms. The molecule has 0 radical (unpaired) electrons. The standard InChI is InChI=1S/C35H33Cl2FN2O5/c1-2-7-19-8-6-11-25(29(19)41)28-23-16-17-24-27(31(43)39(30(24)42)21-9-4-3-5-10-21)26(23)18-34(36)32(44)40(33(45)35(28,34)37)22-14-12-20(38)13-15-22/h2,6,8,11-16,21,24,26-28,41H,1,3-5,7,9-10,17-18H2/t24-,26+,27-,28+,34+,35-/m0/s1. The zero-order valence-electron chi connectivity index (χ0n) is 24.6. The molecule has 1 N–H and O–H groups in total. The van der Waals surface area contributed by atoms with Gasteiger partial charge in [0.25, 0.3) is 11.8 Å². The van der Waals surface area contributed by atoms with Gasteiger partial charge in [-0.05, 0) is 67.9 Å². The number of allylic oxidation sites excluding steroid dienone is 3. The van der Waals surface area contributed by atoms with Crippen LogP contribution < -0.4 is 4.90 Å². The van der Waals surface area contributed by atoms with Crippen LogP contribution in [0.25, 0.3) is 0 Å². The number of hydrogen-bond acceptors (Lipinski definition) is 5. The number of anilines is 1. The van der Waals surface area contributed by atoms with E-state index in [2.05, 4.69) is 6.58 Å². The van der Waals surface area contributed by atoms with Crippen molar-refractivity contribution in [1.29, 1.82) is 0 Å². The first kappa shape index (κ1) is 30.2. The molecule has 7 rings (SSSR count). The van der Waals surface area contributed by atoms with Crippen molar-refractivity contribution in [2.45, 2.75) is 73.1 Å². The van der Waals surface area contributed by atoms with E-state index < -0.39 is 51.1 Å². The number of alkyl halides is 2. The van der Waals surface area contributed by atoms with E-state index in [-0.39, 0.29) is 42.1 Å². The lowest BCUT2D eigenvalue weighted by molar-refractivity contribution is -0.143. The number of benzene rings is 2. The number of phenolic OH excluding ortho intramolecular Hbond substituents is 1. The molecule has 6 atom stereocenters. The lowest BCUT2D eigenvalue weighted by atomic mass is 9.56. The average Bonchev–Trinajstić information content (AvgIpc) is 3.37. The van der Waals surface area contributed by atoms with Crippen LogP contribution in [-0.4, -0.2) is 49.4 Å². The Hall–Kier alpha value is -3.49. The number of aromatic hydroxyl groups is 1. The lowest BCUT2D eigenvalue weighted by Gasteiger charge is -2.50. The summed E-state index contributed by atoms with van der Waals surface area (Å²) < 4.78 is 13.9. The fourth-order valence-corrected chi connectivity index (χ4v) is 9.56. The summed E-state index contributed by atoms with van der Waals surface area (Å²) in [5.41, 5.74) is 1.56. The first-order valence-corrected chi connectivity index (χ1v) is 16.3. The second kappa shape index (κ2) is 10.8. The zero-order chi connectivity index (χ0) is 31.8. The summed E-state index contributed by atoms with van der Waals surface area (Å²) >= 11 is 14.8. The number of para-hydroxylation sites is 1. The maximum Gasteiger partial charge on any atom is 0.258 e. The molecule has 0 spiro atoms. The highest BCUT2D eigenvalue weighted by atomic mass is 35.5. The summed E-state index contributed by atoms with van der Waals surface area (Å²) in [5, 5.41) is 11.6. The van der Waals surface area contributed by atoms with Gasteiger partial charge in [-0.1, -0.05) is 55.2 Å². The van der Waals surface area contributed by atoms with Crippen LogP contribution >= 0.6 is 23.2 Å². The van der Waals surface area contributed by atoms with E-state index in [0.717, 1.165) is 49.1 Å². The van der Waals surface area contributed by atoms with Crippen LogP contribution in [0.4, 0.5) is 10.1 Å². The number of fused-ring (bicyclic) bond motifs is 4. The molecule has 0 unspecified atom stereocenters. The van der Waals surface area contributed by atoms with Gasteiger partial charge >= 0.3 is 0 Å². The van der Waals surface area contributed by atoms with Crippen molar-refractivity contribution in [2.24, 2.45) is 17.8 Å². The van der Waals surface area contributed by atoms with Crippen molar-refractivity contribution in [3.05, 3.63) is 83.7 Å². The summed E-state index contributed by atoms with van der Waals surface area (Å²) in [4.78, 5) is 55.1. The average molecular weight is 652 g/mol. The Bertz CT molecular complexity index is 1670. The Kier molecular flexibility index (Phi) is 7.24. The first-order chi connectivity index (χ1) is 21.5. The molecular formula is C35H33Cl2FN2O5.